The van der Waals surface area contributed by atoms with Gasteiger partial charge in [0.1, 0.15) is 0 Å². The van der Waals surface area contributed by atoms with Crippen LogP contribution in [0.25, 0.3) is 0 Å². The van der Waals surface area contributed by atoms with Crippen LogP contribution in [0.15, 0.2) is 6.07 Å². The average Bonchev–Trinajstić information content (AvgIpc) is 2.61. The van der Waals surface area contributed by atoms with Gasteiger partial charge in [-0.3, -0.25) is 9.63 Å². The van der Waals surface area contributed by atoms with Gasteiger partial charge in [-0.25, -0.2) is 0 Å². The predicted octanol–water partition coefficient (Wildman–Crippen LogP) is 1.92. The third-order valence-electron chi connectivity index (χ3n) is 4.08. The quantitative estimate of drug-likeness (QED) is 0.806. The monoisotopic (exact) mass is 294 g/mol. The maximum absolute atomic E-state index is 12.4. The van der Waals surface area contributed by atoms with Crippen molar-refractivity contribution in [2.45, 2.75) is 40.2 Å². The molecule has 0 aliphatic heterocycles. The topological polar surface area (TPSA) is 93.1 Å². The number of nitrogens with zero attached hydrogens (tertiary/aromatic N) is 1. The number of aliphatic hydroxyl groups excluding tert-OH is 1. The summed E-state index contributed by atoms with van der Waals surface area (Å²) in [6.07, 6.45) is 0.974. The molecule has 0 heterocycles. The summed E-state index contributed by atoms with van der Waals surface area (Å²) in [7, 11) is 0. The molecule has 1 aromatic carbocycles. The summed E-state index contributed by atoms with van der Waals surface area (Å²) in [6, 6.07) is 1.84. The lowest BCUT2D eigenvalue weighted by Gasteiger charge is -2.20. The highest BCUT2D eigenvalue weighted by atomic mass is 17.1. The van der Waals surface area contributed by atoms with Crippen LogP contribution < -0.4 is 0 Å². The van der Waals surface area contributed by atoms with Gasteiger partial charge in [-0.05, 0) is 48.1 Å². The number of aliphatic hydroxyl groups is 1. The van der Waals surface area contributed by atoms with Crippen molar-refractivity contribution in [3.63, 3.8) is 0 Å². The number of hydrogen-bond donors (Lipinski definition) is 2. The van der Waals surface area contributed by atoms with E-state index in [4.69, 9.17) is 5.21 Å². The molecule has 0 saturated carbocycles. The Kier molecular flexibility index (Phi) is 4.46. The molecule has 1 aliphatic carbocycles. The largest absolute Gasteiger partial charge is 0.738 e. The number of fused-ring (bicyclic) bond motifs is 1. The SMILES string of the molecule is Cc1cc2c(c(CO)c1CCON([O-])O)CC(C)(C)C2=O. The molecule has 21 heavy (non-hydrogen) atoms. The van der Waals surface area contributed by atoms with Crippen LogP contribution in [-0.2, 0) is 24.3 Å². The summed E-state index contributed by atoms with van der Waals surface area (Å²) in [5, 5.41) is 27.9. The summed E-state index contributed by atoms with van der Waals surface area (Å²) in [5.74, 6) is 0.0965. The van der Waals surface area contributed by atoms with Gasteiger partial charge in [0.05, 0.1) is 13.2 Å². The normalized spacial score (nSPS) is 16.6. The minimum atomic E-state index is -0.575. The Balaban J connectivity index is 2.39. The molecule has 6 heteroatoms. The minimum Gasteiger partial charge on any atom is -0.738 e. The predicted molar refractivity (Wildman–Crippen MR) is 75.6 cm³/mol. The number of rotatable bonds is 5. The van der Waals surface area contributed by atoms with Gasteiger partial charge in [0.2, 0.25) is 0 Å². The van der Waals surface area contributed by atoms with E-state index < -0.39 is 10.8 Å². The van der Waals surface area contributed by atoms with E-state index >= 15 is 0 Å². The lowest BCUT2D eigenvalue weighted by Crippen LogP contribution is -2.18. The second kappa shape index (κ2) is 5.82. The maximum atomic E-state index is 12.4. The van der Waals surface area contributed by atoms with Crippen LogP contribution in [0.4, 0.5) is 0 Å². The second-order valence-electron chi connectivity index (χ2n) is 6.05. The molecule has 1 aromatic rings. The Bertz CT molecular complexity index is 566. The number of carbonyl (C=O) groups is 1. The number of hydrogen-bond acceptors (Lipinski definition) is 6. The molecule has 0 radical (unpaired) electrons. The van der Waals surface area contributed by atoms with Gasteiger partial charge in [0, 0.05) is 11.0 Å². The van der Waals surface area contributed by atoms with E-state index in [1.807, 2.05) is 26.8 Å². The van der Waals surface area contributed by atoms with Gasteiger partial charge in [-0.2, -0.15) is 0 Å². The lowest BCUT2D eigenvalue weighted by molar-refractivity contribution is -0.304. The molecule has 6 nitrogen and oxygen atoms in total. The highest BCUT2D eigenvalue weighted by Crippen LogP contribution is 2.40. The Morgan fingerprint density at radius 1 is 1.43 bits per heavy atom. The van der Waals surface area contributed by atoms with Gasteiger partial charge in [0.15, 0.2) is 5.78 Å². The lowest BCUT2D eigenvalue weighted by atomic mass is 9.88. The Hall–Kier alpha value is -1.31. The molecule has 116 valence electrons. The smallest absolute Gasteiger partial charge is 0.169 e. The van der Waals surface area contributed by atoms with Crippen molar-refractivity contribution < 1.29 is 19.9 Å². The molecule has 0 unspecified atom stereocenters. The van der Waals surface area contributed by atoms with Crippen LogP contribution in [0.5, 0.6) is 0 Å². The van der Waals surface area contributed by atoms with Crippen LogP contribution >= 0.6 is 0 Å². The van der Waals surface area contributed by atoms with Gasteiger partial charge >= 0.3 is 0 Å². The van der Waals surface area contributed by atoms with E-state index in [2.05, 4.69) is 4.84 Å². The van der Waals surface area contributed by atoms with Gasteiger partial charge in [0.25, 0.3) is 0 Å². The number of benzene rings is 1. The van der Waals surface area contributed by atoms with Crippen LogP contribution in [0.3, 0.4) is 0 Å². The molecule has 0 fully saturated rings. The Morgan fingerprint density at radius 2 is 2.10 bits per heavy atom. The number of carbonyl (C=O) groups excluding carboxylic acids is 1. The molecule has 0 spiro atoms. The highest BCUT2D eigenvalue weighted by Gasteiger charge is 2.39. The molecule has 0 aromatic heterocycles. The summed E-state index contributed by atoms with van der Waals surface area (Å²) in [4.78, 5) is 16.8. The second-order valence-corrected chi connectivity index (χ2v) is 6.05. The summed E-state index contributed by atoms with van der Waals surface area (Å²) in [5.41, 5.74) is 3.59. The van der Waals surface area contributed by atoms with E-state index in [0.29, 0.717) is 18.4 Å². The van der Waals surface area contributed by atoms with Crippen molar-refractivity contribution in [3.8, 4) is 0 Å². The van der Waals surface area contributed by atoms with Gasteiger partial charge < -0.3 is 15.5 Å². The van der Waals surface area contributed by atoms with Crippen molar-refractivity contribution in [2.75, 3.05) is 6.61 Å². The van der Waals surface area contributed by atoms with Crippen molar-refractivity contribution in [3.05, 3.63) is 39.1 Å². The van der Waals surface area contributed by atoms with Gasteiger partial charge in [-0.1, -0.05) is 13.8 Å². The fraction of sp³-hybridized carbons (Fsp3) is 0.533. The first-order valence-corrected chi connectivity index (χ1v) is 6.87. The van der Waals surface area contributed by atoms with Crippen LogP contribution in [0.1, 0.15) is 46.5 Å². The first-order valence-electron chi connectivity index (χ1n) is 6.87. The van der Waals surface area contributed by atoms with E-state index in [-0.39, 0.29) is 19.0 Å². The zero-order chi connectivity index (χ0) is 15.8. The van der Waals surface area contributed by atoms with E-state index in [9.17, 15) is 15.1 Å². The zero-order valence-electron chi connectivity index (χ0n) is 12.5. The van der Waals surface area contributed by atoms with Crippen molar-refractivity contribution in [1.29, 1.82) is 0 Å². The minimum absolute atomic E-state index is 0.00393. The molecule has 0 bridgehead atoms. The molecule has 2 rings (SSSR count). The van der Waals surface area contributed by atoms with Crippen LogP contribution in [0, 0.1) is 17.5 Å². The third-order valence-corrected chi connectivity index (χ3v) is 4.08. The standard InChI is InChI=1S/C15H20NO5/c1-9-6-11-12(7-15(2,3)14(11)18)13(8-17)10(9)4-5-21-16(19)20/h6,17,19H,4-5,7-8H2,1-3H3/q-1. The fourth-order valence-corrected chi connectivity index (χ4v) is 3.03. The van der Waals surface area contributed by atoms with Gasteiger partial charge in [-0.15, -0.1) is 5.39 Å². The van der Waals surface area contributed by atoms with Crippen molar-refractivity contribution >= 4 is 5.78 Å². The summed E-state index contributed by atoms with van der Waals surface area (Å²) < 4.78 is 0. The number of Topliss-reactive ketones (excluding diaryl/α,β-unsaturated/α-hetero) is 1. The molecule has 0 saturated heterocycles. The Morgan fingerprint density at radius 3 is 2.67 bits per heavy atom. The number of aryl methyl sites for hydroxylation is 1. The average molecular weight is 294 g/mol. The summed E-state index contributed by atoms with van der Waals surface area (Å²) in [6.45, 7) is 5.50. The first-order chi connectivity index (χ1) is 9.77. The molecule has 2 N–H and O–H groups in total. The Labute approximate surface area is 123 Å². The number of ketones is 1. The van der Waals surface area contributed by atoms with E-state index in [0.717, 1.165) is 22.3 Å². The third kappa shape index (κ3) is 3.00. The summed E-state index contributed by atoms with van der Waals surface area (Å²) >= 11 is 0. The molecular weight excluding hydrogens is 274 g/mol. The molecular formula is C15H20NO5-. The van der Waals surface area contributed by atoms with Crippen molar-refractivity contribution in [2.24, 2.45) is 5.41 Å². The maximum Gasteiger partial charge on any atom is 0.169 e. The zero-order valence-corrected chi connectivity index (χ0v) is 12.5. The first kappa shape index (κ1) is 16.1. The molecule has 0 atom stereocenters. The fourth-order valence-electron chi connectivity index (χ4n) is 3.03. The van der Waals surface area contributed by atoms with E-state index in [1.54, 1.807) is 0 Å². The van der Waals surface area contributed by atoms with Crippen molar-refractivity contribution in [1.82, 2.24) is 5.39 Å². The molecule has 0 amide bonds. The van der Waals surface area contributed by atoms with Crippen LogP contribution in [0.2, 0.25) is 0 Å². The molecule has 1 aliphatic rings. The highest BCUT2D eigenvalue weighted by molar-refractivity contribution is 6.05. The van der Waals surface area contributed by atoms with E-state index in [1.165, 1.54) is 0 Å². The van der Waals surface area contributed by atoms with Crippen LogP contribution in [-0.4, -0.2) is 28.1 Å².